The summed E-state index contributed by atoms with van der Waals surface area (Å²) >= 11 is 0. The molecule has 2 aromatic rings. The quantitative estimate of drug-likeness (QED) is 0.909. The molecule has 1 saturated heterocycles. The van der Waals surface area contributed by atoms with Gasteiger partial charge in [0.15, 0.2) is 0 Å². The fraction of sp³-hybridized carbons (Fsp3) is 0.471. The standard InChI is InChI=1S/C17H24N4/c1-12-5-4-6-14-15(20-13-7-9-18-10-8-13)11-19-17(16(12)14)21(2)3/h4-6,11,13,18,20H,7-10H2,1-3H3. The molecule has 4 nitrogen and oxygen atoms in total. The smallest absolute Gasteiger partial charge is 0.136 e. The molecule has 0 saturated carbocycles. The van der Waals surface area contributed by atoms with Crippen molar-refractivity contribution in [1.82, 2.24) is 10.3 Å². The maximum Gasteiger partial charge on any atom is 0.136 e. The van der Waals surface area contributed by atoms with Gasteiger partial charge in [-0.2, -0.15) is 0 Å². The SMILES string of the molecule is Cc1cccc2c(NC3CCNCC3)cnc(N(C)C)c12. The number of aryl methyl sites for hydroxylation is 1. The van der Waals surface area contributed by atoms with Crippen molar-refractivity contribution in [2.24, 2.45) is 0 Å². The normalized spacial score (nSPS) is 16.1. The first kappa shape index (κ1) is 14.1. The van der Waals surface area contributed by atoms with E-state index >= 15 is 0 Å². The van der Waals surface area contributed by atoms with E-state index < -0.39 is 0 Å². The summed E-state index contributed by atoms with van der Waals surface area (Å²) in [5, 5.41) is 9.63. The molecule has 1 aliphatic rings. The van der Waals surface area contributed by atoms with Crippen molar-refractivity contribution in [1.29, 1.82) is 0 Å². The predicted molar refractivity (Wildman–Crippen MR) is 90.3 cm³/mol. The Kier molecular flexibility index (Phi) is 3.97. The molecule has 0 aliphatic carbocycles. The number of anilines is 2. The van der Waals surface area contributed by atoms with Crippen LogP contribution in [-0.2, 0) is 0 Å². The Bertz CT molecular complexity index is 630. The van der Waals surface area contributed by atoms with E-state index in [2.05, 4.69) is 45.6 Å². The predicted octanol–water partition coefficient (Wildman–Crippen LogP) is 2.77. The van der Waals surface area contributed by atoms with Crippen LogP contribution < -0.4 is 15.5 Å². The topological polar surface area (TPSA) is 40.2 Å². The number of fused-ring (bicyclic) bond motifs is 1. The lowest BCUT2D eigenvalue weighted by Crippen LogP contribution is -2.35. The summed E-state index contributed by atoms with van der Waals surface area (Å²) in [5.74, 6) is 1.04. The van der Waals surface area contributed by atoms with E-state index in [1.54, 1.807) is 0 Å². The Morgan fingerprint density at radius 1 is 1.24 bits per heavy atom. The zero-order chi connectivity index (χ0) is 14.8. The number of piperidine rings is 1. The molecular formula is C17H24N4. The summed E-state index contributed by atoms with van der Waals surface area (Å²) in [4.78, 5) is 6.77. The molecule has 1 aliphatic heterocycles. The van der Waals surface area contributed by atoms with Gasteiger partial charge in [-0.25, -0.2) is 4.98 Å². The average molecular weight is 284 g/mol. The van der Waals surface area contributed by atoms with E-state index in [0.717, 1.165) is 24.6 Å². The highest BCUT2D eigenvalue weighted by Gasteiger charge is 2.16. The van der Waals surface area contributed by atoms with Gasteiger partial charge in [0, 0.05) is 30.9 Å². The van der Waals surface area contributed by atoms with Crippen LogP contribution in [-0.4, -0.2) is 38.2 Å². The van der Waals surface area contributed by atoms with Crippen molar-refractivity contribution in [2.45, 2.75) is 25.8 Å². The van der Waals surface area contributed by atoms with Crippen molar-refractivity contribution in [3.63, 3.8) is 0 Å². The summed E-state index contributed by atoms with van der Waals surface area (Å²) in [5.41, 5.74) is 2.43. The molecule has 1 fully saturated rings. The lowest BCUT2D eigenvalue weighted by molar-refractivity contribution is 0.479. The molecular weight excluding hydrogens is 260 g/mol. The van der Waals surface area contributed by atoms with Crippen LogP contribution in [0.1, 0.15) is 18.4 Å². The summed E-state index contributed by atoms with van der Waals surface area (Å²) in [6, 6.07) is 7.03. The highest BCUT2D eigenvalue weighted by Crippen LogP contribution is 2.32. The van der Waals surface area contributed by atoms with Crippen LogP contribution in [0.15, 0.2) is 24.4 Å². The Labute approximate surface area is 126 Å². The Hall–Kier alpha value is -1.81. The van der Waals surface area contributed by atoms with Gasteiger partial charge in [0.05, 0.1) is 11.9 Å². The molecule has 0 radical (unpaired) electrons. The van der Waals surface area contributed by atoms with Gasteiger partial charge in [0.25, 0.3) is 0 Å². The van der Waals surface area contributed by atoms with Gasteiger partial charge in [0.1, 0.15) is 5.82 Å². The van der Waals surface area contributed by atoms with Gasteiger partial charge < -0.3 is 15.5 Å². The largest absolute Gasteiger partial charge is 0.380 e. The summed E-state index contributed by atoms with van der Waals surface area (Å²) in [6.07, 6.45) is 4.32. The number of hydrogen-bond donors (Lipinski definition) is 2. The highest BCUT2D eigenvalue weighted by molar-refractivity contribution is 6.02. The fourth-order valence-corrected chi connectivity index (χ4v) is 3.09. The van der Waals surface area contributed by atoms with Gasteiger partial charge in [-0.1, -0.05) is 18.2 Å². The van der Waals surface area contributed by atoms with E-state index in [1.165, 1.54) is 29.2 Å². The second-order valence-electron chi connectivity index (χ2n) is 6.06. The lowest BCUT2D eigenvalue weighted by Gasteiger charge is -2.26. The second-order valence-corrected chi connectivity index (χ2v) is 6.06. The molecule has 0 atom stereocenters. The number of hydrogen-bond acceptors (Lipinski definition) is 4. The molecule has 1 aromatic heterocycles. The minimum atomic E-state index is 0.543. The zero-order valence-electron chi connectivity index (χ0n) is 13.1. The molecule has 1 aromatic carbocycles. The molecule has 0 spiro atoms. The Morgan fingerprint density at radius 3 is 2.71 bits per heavy atom. The third kappa shape index (κ3) is 2.81. The molecule has 0 bridgehead atoms. The first-order chi connectivity index (χ1) is 10.2. The van der Waals surface area contributed by atoms with Crippen molar-refractivity contribution in [3.05, 3.63) is 30.0 Å². The van der Waals surface area contributed by atoms with E-state index in [9.17, 15) is 0 Å². The summed E-state index contributed by atoms with van der Waals surface area (Å²) in [6.45, 7) is 4.35. The van der Waals surface area contributed by atoms with Crippen LogP contribution in [0, 0.1) is 6.92 Å². The van der Waals surface area contributed by atoms with Crippen LogP contribution in [0.3, 0.4) is 0 Å². The van der Waals surface area contributed by atoms with Gasteiger partial charge in [-0.15, -0.1) is 0 Å². The molecule has 2 heterocycles. The number of benzene rings is 1. The number of pyridine rings is 1. The number of rotatable bonds is 3. The van der Waals surface area contributed by atoms with E-state index in [4.69, 9.17) is 0 Å². The maximum atomic E-state index is 4.68. The third-order valence-electron chi connectivity index (χ3n) is 4.22. The summed E-state index contributed by atoms with van der Waals surface area (Å²) < 4.78 is 0. The van der Waals surface area contributed by atoms with Gasteiger partial charge in [-0.3, -0.25) is 0 Å². The highest BCUT2D eigenvalue weighted by atomic mass is 15.1. The minimum absolute atomic E-state index is 0.543. The van der Waals surface area contributed by atoms with E-state index in [0.29, 0.717) is 6.04 Å². The van der Waals surface area contributed by atoms with E-state index in [1.807, 2.05) is 20.3 Å². The Balaban J connectivity index is 2.03. The number of aromatic nitrogens is 1. The van der Waals surface area contributed by atoms with Crippen LogP contribution in [0.4, 0.5) is 11.5 Å². The zero-order valence-corrected chi connectivity index (χ0v) is 13.1. The molecule has 112 valence electrons. The molecule has 0 unspecified atom stereocenters. The van der Waals surface area contributed by atoms with Crippen molar-refractivity contribution >= 4 is 22.3 Å². The molecule has 21 heavy (non-hydrogen) atoms. The lowest BCUT2D eigenvalue weighted by atomic mass is 10.0. The molecule has 2 N–H and O–H groups in total. The van der Waals surface area contributed by atoms with Crippen LogP contribution in [0.25, 0.3) is 10.8 Å². The minimum Gasteiger partial charge on any atom is -0.380 e. The average Bonchev–Trinajstić information content (AvgIpc) is 2.49. The number of nitrogens with zero attached hydrogens (tertiary/aromatic N) is 2. The monoisotopic (exact) mass is 284 g/mol. The second kappa shape index (κ2) is 5.90. The van der Waals surface area contributed by atoms with E-state index in [-0.39, 0.29) is 0 Å². The van der Waals surface area contributed by atoms with Crippen LogP contribution >= 0.6 is 0 Å². The van der Waals surface area contributed by atoms with Crippen molar-refractivity contribution in [3.8, 4) is 0 Å². The van der Waals surface area contributed by atoms with Gasteiger partial charge in [-0.05, 0) is 38.4 Å². The van der Waals surface area contributed by atoms with Crippen LogP contribution in [0.5, 0.6) is 0 Å². The summed E-state index contributed by atoms with van der Waals surface area (Å²) in [7, 11) is 4.10. The third-order valence-corrected chi connectivity index (χ3v) is 4.22. The first-order valence-corrected chi connectivity index (χ1v) is 7.69. The van der Waals surface area contributed by atoms with Crippen molar-refractivity contribution < 1.29 is 0 Å². The van der Waals surface area contributed by atoms with Crippen molar-refractivity contribution in [2.75, 3.05) is 37.4 Å². The Morgan fingerprint density at radius 2 is 2.00 bits per heavy atom. The first-order valence-electron chi connectivity index (χ1n) is 7.69. The molecule has 3 rings (SSSR count). The van der Waals surface area contributed by atoms with Gasteiger partial charge >= 0.3 is 0 Å². The maximum absolute atomic E-state index is 4.68. The molecule has 4 heteroatoms. The fourth-order valence-electron chi connectivity index (χ4n) is 3.09. The number of nitrogens with one attached hydrogen (secondary N) is 2. The molecule has 0 amide bonds. The van der Waals surface area contributed by atoms with Crippen LogP contribution in [0.2, 0.25) is 0 Å². The van der Waals surface area contributed by atoms with Gasteiger partial charge in [0.2, 0.25) is 0 Å².